The summed E-state index contributed by atoms with van der Waals surface area (Å²) in [5.41, 5.74) is 2.30. The molecule has 6 nitrogen and oxygen atoms in total. The van der Waals surface area contributed by atoms with Crippen molar-refractivity contribution in [1.29, 1.82) is 0 Å². The van der Waals surface area contributed by atoms with Crippen molar-refractivity contribution in [1.82, 2.24) is 15.6 Å². The second-order valence-corrected chi connectivity index (χ2v) is 8.45. The Morgan fingerprint density at radius 1 is 1.21 bits per heavy atom. The highest BCUT2D eigenvalue weighted by molar-refractivity contribution is 7.11. The molecule has 0 saturated heterocycles. The number of allylic oxidation sites excluding steroid dienone is 1. The van der Waals surface area contributed by atoms with E-state index in [4.69, 9.17) is 4.74 Å². The predicted octanol–water partition coefficient (Wildman–Crippen LogP) is 4.09. The molecule has 0 unspecified atom stereocenters. The Bertz CT molecular complexity index is 808. The van der Waals surface area contributed by atoms with Gasteiger partial charge in [0.1, 0.15) is 11.6 Å². The molecule has 2 aromatic rings. The zero-order valence-electron chi connectivity index (χ0n) is 16.7. The van der Waals surface area contributed by atoms with Crippen molar-refractivity contribution < 1.29 is 14.3 Å². The fourth-order valence-corrected chi connectivity index (χ4v) is 3.07. The van der Waals surface area contributed by atoms with Gasteiger partial charge in [0.15, 0.2) is 5.01 Å². The average molecular weight is 402 g/mol. The van der Waals surface area contributed by atoms with Crippen LogP contribution in [0, 0.1) is 0 Å². The van der Waals surface area contributed by atoms with E-state index in [1.54, 1.807) is 32.3 Å². The fourth-order valence-electron chi connectivity index (χ4n) is 2.44. The van der Waals surface area contributed by atoms with Crippen molar-refractivity contribution in [2.45, 2.75) is 52.3 Å². The molecule has 150 valence electrons. The summed E-state index contributed by atoms with van der Waals surface area (Å²) >= 11 is 1.25. The third kappa shape index (κ3) is 7.15. The number of ketones is 1. The van der Waals surface area contributed by atoms with E-state index in [-0.39, 0.29) is 5.78 Å². The van der Waals surface area contributed by atoms with Crippen molar-refractivity contribution in [3.8, 4) is 0 Å². The zero-order valence-corrected chi connectivity index (χ0v) is 17.6. The Kier molecular flexibility index (Phi) is 7.34. The second-order valence-electron chi connectivity index (χ2n) is 7.55. The second kappa shape index (κ2) is 9.50. The molecule has 0 aliphatic rings. The summed E-state index contributed by atoms with van der Waals surface area (Å²) < 4.78 is 5.31. The third-order valence-corrected chi connectivity index (χ3v) is 4.50. The highest BCUT2D eigenvalue weighted by atomic mass is 32.1. The normalized spacial score (nSPS) is 12.1. The number of rotatable bonds is 8. The lowest BCUT2D eigenvalue weighted by Gasteiger charge is -2.23. The lowest BCUT2D eigenvalue weighted by atomic mass is 10.0. The van der Waals surface area contributed by atoms with Crippen LogP contribution in [0.4, 0.5) is 4.79 Å². The molecule has 28 heavy (non-hydrogen) atoms. The van der Waals surface area contributed by atoms with E-state index in [9.17, 15) is 9.59 Å². The van der Waals surface area contributed by atoms with Gasteiger partial charge in [0.05, 0.1) is 0 Å². The minimum atomic E-state index is -0.750. The quantitative estimate of drug-likeness (QED) is 0.652. The Labute approximate surface area is 170 Å². The lowest BCUT2D eigenvalue weighted by Crippen LogP contribution is -2.44. The predicted molar refractivity (Wildman–Crippen MR) is 111 cm³/mol. The number of Topliss-reactive ketones (excluding diaryl/α,β-unsaturated/α-hetero) is 1. The molecule has 0 bridgehead atoms. The summed E-state index contributed by atoms with van der Waals surface area (Å²) in [5, 5.41) is 7.98. The van der Waals surface area contributed by atoms with Crippen molar-refractivity contribution in [2.75, 3.05) is 0 Å². The van der Waals surface area contributed by atoms with Gasteiger partial charge in [-0.25, -0.2) is 9.78 Å². The van der Waals surface area contributed by atoms with Gasteiger partial charge in [-0.1, -0.05) is 30.8 Å². The summed E-state index contributed by atoms with van der Waals surface area (Å²) in [6.45, 7) is 11.8. The number of hydrogen-bond donors (Lipinski definition) is 2. The number of carbonyl (C=O) groups is 2. The van der Waals surface area contributed by atoms with Crippen LogP contribution in [0.3, 0.4) is 0 Å². The smallest absolute Gasteiger partial charge is 0.408 e. The Morgan fingerprint density at radius 3 is 2.39 bits per heavy atom. The van der Waals surface area contributed by atoms with Gasteiger partial charge in [0.2, 0.25) is 5.78 Å². The molecule has 1 amide bonds. The maximum atomic E-state index is 12.8. The summed E-state index contributed by atoms with van der Waals surface area (Å²) in [6.07, 6.45) is 1.31. The van der Waals surface area contributed by atoms with Crippen molar-refractivity contribution in [3.05, 3.63) is 64.3 Å². The maximum Gasteiger partial charge on any atom is 0.408 e. The van der Waals surface area contributed by atoms with Gasteiger partial charge in [0, 0.05) is 30.2 Å². The molecule has 0 fully saturated rings. The molecular weight excluding hydrogens is 374 g/mol. The van der Waals surface area contributed by atoms with Gasteiger partial charge in [-0.15, -0.1) is 11.3 Å². The van der Waals surface area contributed by atoms with Gasteiger partial charge in [-0.3, -0.25) is 4.79 Å². The number of thiazole rings is 1. The van der Waals surface area contributed by atoms with Crippen molar-refractivity contribution in [2.24, 2.45) is 0 Å². The van der Waals surface area contributed by atoms with Crippen LogP contribution in [0.5, 0.6) is 0 Å². The van der Waals surface area contributed by atoms with Crippen LogP contribution in [0.1, 0.15) is 48.6 Å². The molecule has 0 aliphatic carbocycles. The first-order valence-electron chi connectivity index (χ1n) is 9.04. The van der Waals surface area contributed by atoms with E-state index >= 15 is 0 Å². The van der Waals surface area contributed by atoms with E-state index in [1.807, 2.05) is 31.2 Å². The monoisotopic (exact) mass is 401 g/mol. The number of hydrogen-bond acceptors (Lipinski definition) is 6. The van der Waals surface area contributed by atoms with Crippen LogP contribution in [0.2, 0.25) is 0 Å². The number of nitrogens with zero attached hydrogens (tertiary/aromatic N) is 1. The highest BCUT2D eigenvalue weighted by Crippen LogP contribution is 2.14. The van der Waals surface area contributed by atoms with E-state index < -0.39 is 17.7 Å². The standard InChI is InChI=1S/C21H27N3O3S/c1-14(2)23-13-16-8-6-15(7-9-16)12-17(18(25)19-22-10-11-28-19)24-20(26)27-21(3,4)5/h6-11,17,23H,1,12-13H2,2-5H3,(H,24,26)/t17-/m0/s1. The Balaban J connectivity index is 2.11. The molecule has 0 saturated carbocycles. The fraction of sp³-hybridized carbons (Fsp3) is 0.381. The average Bonchev–Trinajstić information content (AvgIpc) is 3.12. The number of nitrogens with one attached hydrogen (secondary N) is 2. The van der Waals surface area contributed by atoms with Crippen LogP contribution in [-0.2, 0) is 17.7 Å². The van der Waals surface area contributed by atoms with Crippen LogP contribution >= 0.6 is 11.3 Å². The van der Waals surface area contributed by atoms with Gasteiger partial charge < -0.3 is 15.4 Å². The molecule has 7 heteroatoms. The number of amides is 1. The summed E-state index contributed by atoms with van der Waals surface area (Å²) in [7, 11) is 0. The first-order valence-corrected chi connectivity index (χ1v) is 9.92. The first-order chi connectivity index (χ1) is 13.1. The zero-order chi connectivity index (χ0) is 20.7. The van der Waals surface area contributed by atoms with Crippen LogP contribution in [0.15, 0.2) is 48.1 Å². The highest BCUT2D eigenvalue weighted by Gasteiger charge is 2.27. The molecule has 2 rings (SSSR count). The number of carbonyl (C=O) groups excluding carboxylic acids is 2. The van der Waals surface area contributed by atoms with Gasteiger partial charge in [-0.05, 0) is 38.8 Å². The Hall–Kier alpha value is -2.67. The van der Waals surface area contributed by atoms with E-state index in [1.165, 1.54) is 11.3 Å². The SMILES string of the molecule is C=C(C)NCc1ccc(C[C@H](NC(=O)OC(C)(C)C)C(=O)c2nccs2)cc1. The molecule has 0 aliphatic heterocycles. The lowest BCUT2D eigenvalue weighted by molar-refractivity contribution is 0.0491. The summed E-state index contributed by atoms with van der Waals surface area (Å²) in [5.74, 6) is -0.228. The molecule has 1 aromatic heterocycles. The van der Waals surface area contributed by atoms with Crippen LogP contribution < -0.4 is 10.6 Å². The number of aromatic nitrogens is 1. The van der Waals surface area contributed by atoms with Crippen molar-refractivity contribution in [3.63, 3.8) is 0 Å². The molecule has 1 heterocycles. The minimum Gasteiger partial charge on any atom is -0.444 e. The Morgan fingerprint density at radius 2 is 1.86 bits per heavy atom. The molecular formula is C21H27N3O3S. The number of ether oxygens (including phenoxy) is 1. The van der Waals surface area contributed by atoms with E-state index in [2.05, 4.69) is 22.2 Å². The van der Waals surface area contributed by atoms with E-state index in [0.29, 0.717) is 18.0 Å². The van der Waals surface area contributed by atoms with Gasteiger partial charge in [0.25, 0.3) is 0 Å². The largest absolute Gasteiger partial charge is 0.444 e. The third-order valence-electron chi connectivity index (χ3n) is 3.71. The maximum absolute atomic E-state index is 12.8. The summed E-state index contributed by atoms with van der Waals surface area (Å²) in [6, 6.07) is 7.14. The number of benzene rings is 1. The number of alkyl carbamates (subject to hydrolysis) is 1. The molecule has 1 atom stereocenters. The first kappa shape index (κ1) is 21.6. The van der Waals surface area contributed by atoms with Crippen molar-refractivity contribution >= 4 is 23.2 Å². The minimum absolute atomic E-state index is 0.228. The molecule has 0 spiro atoms. The van der Waals surface area contributed by atoms with E-state index in [0.717, 1.165) is 16.8 Å². The molecule has 2 N–H and O–H groups in total. The van der Waals surface area contributed by atoms with Gasteiger partial charge >= 0.3 is 6.09 Å². The van der Waals surface area contributed by atoms with Crippen LogP contribution in [0.25, 0.3) is 0 Å². The molecule has 1 aromatic carbocycles. The summed E-state index contributed by atoms with van der Waals surface area (Å²) in [4.78, 5) is 29.1. The van der Waals surface area contributed by atoms with Crippen LogP contribution in [-0.4, -0.2) is 28.5 Å². The molecule has 0 radical (unpaired) electrons. The topological polar surface area (TPSA) is 80.3 Å². The van der Waals surface area contributed by atoms with Gasteiger partial charge in [-0.2, -0.15) is 0 Å².